The normalized spacial score (nSPS) is 12.2. The molecule has 0 spiro atoms. The monoisotopic (exact) mass is 203 g/mol. The number of unbranched alkanes of at least 4 members (excludes halogenated alkanes) is 2. The second-order valence-electron chi connectivity index (χ2n) is 2.95. The summed E-state index contributed by atoms with van der Waals surface area (Å²) in [4.78, 5) is 21.5. The lowest BCUT2D eigenvalue weighted by molar-refractivity contribution is -0.123. The summed E-state index contributed by atoms with van der Waals surface area (Å²) in [5, 5.41) is 2.59. The lowest BCUT2D eigenvalue weighted by atomic mass is 10.2. The van der Waals surface area contributed by atoms with Crippen LogP contribution >= 0.6 is 12.6 Å². The second kappa shape index (κ2) is 8.10. The summed E-state index contributed by atoms with van der Waals surface area (Å²) < 4.78 is 0. The van der Waals surface area contributed by atoms with Crippen LogP contribution in [0.4, 0.5) is 0 Å². The average molecular weight is 203 g/mol. The number of hydrogen-bond acceptors (Lipinski definition) is 3. The van der Waals surface area contributed by atoms with Crippen LogP contribution in [0.25, 0.3) is 0 Å². The Morgan fingerprint density at radius 2 is 2.23 bits per heavy atom. The van der Waals surface area contributed by atoms with E-state index >= 15 is 0 Å². The van der Waals surface area contributed by atoms with Crippen molar-refractivity contribution >= 4 is 24.8 Å². The summed E-state index contributed by atoms with van der Waals surface area (Å²) in [5.41, 5.74) is 0. The summed E-state index contributed by atoms with van der Waals surface area (Å²) in [5.74, 6) is 0.308. The van der Waals surface area contributed by atoms with Crippen molar-refractivity contribution in [2.45, 2.75) is 38.6 Å². The van der Waals surface area contributed by atoms with Crippen molar-refractivity contribution in [3.8, 4) is 0 Å². The first kappa shape index (κ1) is 12.5. The molecular weight excluding hydrogens is 186 g/mol. The lowest BCUT2D eigenvalue weighted by Gasteiger charge is -2.09. The molecule has 0 aliphatic heterocycles. The van der Waals surface area contributed by atoms with Gasteiger partial charge >= 0.3 is 0 Å². The molecule has 0 rings (SSSR count). The van der Waals surface area contributed by atoms with E-state index in [2.05, 4.69) is 24.9 Å². The standard InChI is InChI=1S/C9H17NO2S/c1-2-3-4-5-9(12)10-8(6-11)7-13/h6,8,13H,2-5,7H2,1H3,(H,10,12)/t8-/m1/s1. The number of thiol groups is 1. The van der Waals surface area contributed by atoms with Crippen LogP contribution in [0.2, 0.25) is 0 Å². The molecular formula is C9H17NO2S. The van der Waals surface area contributed by atoms with E-state index in [1.165, 1.54) is 0 Å². The second-order valence-corrected chi connectivity index (χ2v) is 3.31. The maximum Gasteiger partial charge on any atom is 0.220 e. The van der Waals surface area contributed by atoms with Gasteiger partial charge in [-0.25, -0.2) is 0 Å². The van der Waals surface area contributed by atoms with E-state index < -0.39 is 6.04 Å². The van der Waals surface area contributed by atoms with Gasteiger partial charge in [-0.2, -0.15) is 12.6 Å². The molecule has 0 fully saturated rings. The highest BCUT2D eigenvalue weighted by Crippen LogP contribution is 1.98. The molecule has 0 heterocycles. The molecule has 3 nitrogen and oxygen atoms in total. The highest BCUT2D eigenvalue weighted by atomic mass is 32.1. The predicted molar refractivity (Wildman–Crippen MR) is 56.0 cm³/mol. The van der Waals surface area contributed by atoms with Crippen molar-refractivity contribution < 1.29 is 9.59 Å². The van der Waals surface area contributed by atoms with E-state index in [4.69, 9.17) is 0 Å². The molecule has 0 radical (unpaired) electrons. The maximum absolute atomic E-state index is 11.1. The molecule has 0 saturated carbocycles. The number of aldehydes is 1. The Morgan fingerprint density at radius 1 is 1.54 bits per heavy atom. The lowest BCUT2D eigenvalue weighted by Crippen LogP contribution is -2.37. The van der Waals surface area contributed by atoms with Gasteiger partial charge in [0.1, 0.15) is 6.29 Å². The third-order valence-corrected chi connectivity index (χ3v) is 2.11. The topological polar surface area (TPSA) is 46.2 Å². The number of amides is 1. The third-order valence-electron chi connectivity index (χ3n) is 1.71. The van der Waals surface area contributed by atoms with Gasteiger partial charge < -0.3 is 10.1 Å². The molecule has 4 heteroatoms. The Hall–Kier alpha value is -0.510. The molecule has 1 N–H and O–H groups in total. The molecule has 0 bridgehead atoms. The van der Waals surface area contributed by atoms with Gasteiger partial charge in [-0.05, 0) is 6.42 Å². The fourth-order valence-electron chi connectivity index (χ4n) is 0.937. The van der Waals surface area contributed by atoms with Crippen LogP contribution in [0.3, 0.4) is 0 Å². The SMILES string of the molecule is CCCCCC(=O)N[C@H](C=O)CS. The zero-order valence-electron chi connectivity index (χ0n) is 7.95. The zero-order chi connectivity index (χ0) is 10.1. The van der Waals surface area contributed by atoms with E-state index in [1.54, 1.807) is 0 Å². The van der Waals surface area contributed by atoms with E-state index in [0.29, 0.717) is 18.5 Å². The molecule has 1 amide bonds. The smallest absolute Gasteiger partial charge is 0.220 e. The van der Waals surface area contributed by atoms with Crippen molar-refractivity contribution in [2.75, 3.05) is 5.75 Å². The molecule has 0 aliphatic rings. The van der Waals surface area contributed by atoms with Crippen LogP contribution in [0, 0.1) is 0 Å². The number of hydrogen-bond donors (Lipinski definition) is 2. The first-order valence-electron chi connectivity index (χ1n) is 4.60. The van der Waals surface area contributed by atoms with Crippen LogP contribution in [-0.4, -0.2) is 24.0 Å². The highest BCUT2D eigenvalue weighted by Gasteiger charge is 2.08. The van der Waals surface area contributed by atoms with Gasteiger partial charge in [0.25, 0.3) is 0 Å². The Labute approximate surface area is 84.7 Å². The van der Waals surface area contributed by atoms with Crippen LogP contribution < -0.4 is 5.32 Å². The van der Waals surface area contributed by atoms with E-state index in [0.717, 1.165) is 19.3 Å². The quantitative estimate of drug-likeness (QED) is 0.371. The van der Waals surface area contributed by atoms with Crippen molar-refractivity contribution in [1.82, 2.24) is 5.32 Å². The summed E-state index contributed by atoms with van der Waals surface area (Å²) in [6, 6.07) is -0.433. The van der Waals surface area contributed by atoms with Crippen molar-refractivity contribution in [1.29, 1.82) is 0 Å². The van der Waals surface area contributed by atoms with E-state index in [9.17, 15) is 9.59 Å². The molecule has 0 unspecified atom stereocenters. The first-order valence-corrected chi connectivity index (χ1v) is 5.23. The molecule has 0 aromatic carbocycles. The number of carbonyl (C=O) groups excluding carboxylic acids is 2. The molecule has 76 valence electrons. The van der Waals surface area contributed by atoms with Gasteiger partial charge in [0.2, 0.25) is 5.91 Å². The molecule has 0 aromatic rings. The van der Waals surface area contributed by atoms with Gasteiger partial charge in [-0.3, -0.25) is 4.79 Å². The minimum atomic E-state index is -0.433. The largest absolute Gasteiger partial charge is 0.346 e. The van der Waals surface area contributed by atoms with Gasteiger partial charge in [0.15, 0.2) is 0 Å². The number of rotatable bonds is 7. The zero-order valence-corrected chi connectivity index (χ0v) is 8.85. The fraction of sp³-hybridized carbons (Fsp3) is 0.778. The van der Waals surface area contributed by atoms with Gasteiger partial charge in [-0.15, -0.1) is 0 Å². The fourth-order valence-corrected chi connectivity index (χ4v) is 1.11. The highest BCUT2D eigenvalue weighted by molar-refractivity contribution is 7.80. The summed E-state index contributed by atoms with van der Waals surface area (Å²) in [7, 11) is 0. The van der Waals surface area contributed by atoms with E-state index in [1.807, 2.05) is 0 Å². The predicted octanol–water partition coefficient (Wildman–Crippen LogP) is 1.18. The average Bonchev–Trinajstić information content (AvgIpc) is 2.14. The Bertz CT molecular complexity index is 162. The van der Waals surface area contributed by atoms with E-state index in [-0.39, 0.29) is 5.91 Å². The first-order chi connectivity index (χ1) is 6.24. The van der Waals surface area contributed by atoms with Crippen LogP contribution in [-0.2, 0) is 9.59 Å². The number of carbonyl (C=O) groups is 2. The summed E-state index contributed by atoms with van der Waals surface area (Å²) >= 11 is 3.93. The Balaban J connectivity index is 3.54. The Kier molecular flexibility index (Phi) is 7.79. The van der Waals surface area contributed by atoms with Crippen molar-refractivity contribution in [3.05, 3.63) is 0 Å². The molecule has 1 atom stereocenters. The number of nitrogens with one attached hydrogen (secondary N) is 1. The van der Waals surface area contributed by atoms with Crippen LogP contribution in [0.5, 0.6) is 0 Å². The minimum absolute atomic E-state index is 0.0559. The van der Waals surface area contributed by atoms with Gasteiger partial charge in [0.05, 0.1) is 6.04 Å². The molecule has 0 aliphatic carbocycles. The van der Waals surface area contributed by atoms with Crippen molar-refractivity contribution in [2.24, 2.45) is 0 Å². The maximum atomic E-state index is 11.1. The van der Waals surface area contributed by atoms with Crippen LogP contribution in [0.1, 0.15) is 32.6 Å². The summed E-state index contributed by atoms with van der Waals surface area (Å²) in [6.07, 6.45) is 4.26. The minimum Gasteiger partial charge on any atom is -0.346 e. The van der Waals surface area contributed by atoms with Gasteiger partial charge in [0, 0.05) is 12.2 Å². The third kappa shape index (κ3) is 6.63. The molecule has 0 saturated heterocycles. The molecule has 13 heavy (non-hydrogen) atoms. The molecule has 0 aromatic heterocycles. The Morgan fingerprint density at radius 3 is 2.69 bits per heavy atom. The summed E-state index contributed by atoms with van der Waals surface area (Å²) in [6.45, 7) is 2.08. The van der Waals surface area contributed by atoms with Crippen LogP contribution in [0.15, 0.2) is 0 Å². The van der Waals surface area contributed by atoms with Crippen molar-refractivity contribution in [3.63, 3.8) is 0 Å². The van der Waals surface area contributed by atoms with Gasteiger partial charge in [-0.1, -0.05) is 19.8 Å².